The van der Waals surface area contributed by atoms with Crippen molar-refractivity contribution in [2.75, 3.05) is 24.5 Å². The van der Waals surface area contributed by atoms with E-state index in [2.05, 4.69) is 24.8 Å². The first-order valence-electron chi connectivity index (χ1n) is 12.3. The summed E-state index contributed by atoms with van der Waals surface area (Å²) in [5, 5.41) is 11.7. The summed E-state index contributed by atoms with van der Waals surface area (Å²) in [5.74, 6) is 1.10. The number of hydrogen-bond acceptors (Lipinski definition) is 9. The van der Waals surface area contributed by atoms with Gasteiger partial charge in [-0.05, 0) is 45.9 Å². The molecule has 1 atom stereocenters. The van der Waals surface area contributed by atoms with E-state index in [1.807, 2.05) is 33.9 Å². The van der Waals surface area contributed by atoms with Crippen molar-refractivity contribution in [3.63, 3.8) is 0 Å². The molecule has 5 rings (SSSR count). The van der Waals surface area contributed by atoms with Crippen molar-refractivity contribution in [3.8, 4) is 17.1 Å². The second kappa shape index (κ2) is 10.1. The molecule has 1 aliphatic rings. The number of nitrogens with zero attached hydrogens (tertiary/aromatic N) is 8. The summed E-state index contributed by atoms with van der Waals surface area (Å²) >= 11 is 6.26. The fourth-order valence-corrected chi connectivity index (χ4v) is 4.73. The quantitative estimate of drug-likeness (QED) is 0.257. The van der Waals surface area contributed by atoms with Crippen molar-refractivity contribution in [3.05, 3.63) is 64.3 Å². The molecule has 4 aromatic rings. The molecule has 0 aliphatic carbocycles. The zero-order valence-electron chi connectivity index (χ0n) is 21.9. The van der Waals surface area contributed by atoms with E-state index in [-0.39, 0.29) is 17.8 Å². The number of nitro groups is 1. The number of amides is 1. The molecule has 0 unspecified atom stereocenters. The SMILES string of the molecule is C[C@H]1CN(C(=O)OC(C)(C)C)CCN1c1ncnc2c(-c3cc(Cl)ccn3)cn(-c3ccc([N+](=O)[O-])cn3)c12. The molecule has 1 aliphatic heterocycles. The van der Waals surface area contributed by atoms with Crippen LogP contribution in [-0.2, 0) is 4.74 Å². The van der Waals surface area contributed by atoms with Gasteiger partial charge >= 0.3 is 6.09 Å². The summed E-state index contributed by atoms with van der Waals surface area (Å²) < 4.78 is 7.37. The molecule has 12 nitrogen and oxygen atoms in total. The van der Waals surface area contributed by atoms with E-state index in [1.54, 1.807) is 33.9 Å². The van der Waals surface area contributed by atoms with E-state index in [9.17, 15) is 14.9 Å². The van der Waals surface area contributed by atoms with Crippen molar-refractivity contribution in [1.29, 1.82) is 0 Å². The van der Waals surface area contributed by atoms with Crippen LogP contribution in [0.25, 0.3) is 28.1 Å². The third-order valence-electron chi connectivity index (χ3n) is 6.30. The van der Waals surface area contributed by atoms with Crippen molar-refractivity contribution < 1.29 is 14.5 Å². The van der Waals surface area contributed by atoms with Crippen molar-refractivity contribution in [1.82, 2.24) is 29.4 Å². The standard InChI is InChI=1S/C26H27ClN8O4/c1-16-13-32(25(36)39-26(2,3)4)9-10-33(16)24-23-22(30-15-31-24)19(20-11-17(27)7-8-28-20)14-34(23)21-6-5-18(12-29-21)35(37)38/h5-8,11-12,14-16H,9-10,13H2,1-4H3/t16-/m0/s1. The van der Waals surface area contributed by atoms with Gasteiger partial charge in [0.25, 0.3) is 5.69 Å². The van der Waals surface area contributed by atoms with Gasteiger partial charge in [-0.25, -0.2) is 19.7 Å². The number of rotatable bonds is 4. The highest BCUT2D eigenvalue weighted by molar-refractivity contribution is 6.30. The van der Waals surface area contributed by atoms with Gasteiger partial charge in [0.2, 0.25) is 0 Å². The molecule has 0 aromatic carbocycles. The highest BCUT2D eigenvalue weighted by Crippen LogP contribution is 2.36. The van der Waals surface area contributed by atoms with Gasteiger partial charge in [-0.15, -0.1) is 0 Å². The first-order valence-corrected chi connectivity index (χ1v) is 12.7. The second-order valence-corrected chi connectivity index (χ2v) is 10.7. The number of ether oxygens (including phenoxy) is 1. The Hall–Kier alpha value is -4.32. The van der Waals surface area contributed by atoms with Crippen molar-refractivity contribution in [2.24, 2.45) is 0 Å². The molecule has 1 saturated heterocycles. The van der Waals surface area contributed by atoms with E-state index < -0.39 is 10.5 Å². The summed E-state index contributed by atoms with van der Waals surface area (Å²) in [6.07, 6.45) is 5.80. The molecule has 39 heavy (non-hydrogen) atoms. The lowest BCUT2D eigenvalue weighted by atomic mass is 10.1. The van der Waals surface area contributed by atoms with Gasteiger partial charge < -0.3 is 14.5 Å². The molecule has 5 heterocycles. The number of halogens is 1. The third-order valence-corrected chi connectivity index (χ3v) is 6.53. The van der Waals surface area contributed by atoms with E-state index in [0.29, 0.717) is 58.6 Å². The van der Waals surface area contributed by atoms with Gasteiger partial charge in [-0.3, -0.25) is 19.7 Å². The van der Waals surface area contributed by atoms with E-state index in [0.717, 1.165) is 0 Å². The second-order valence-electron chi connectivity index (χ2n) is 10.3. The number of carbonyl (C=O) groups excluding carboxylic acids is 1. The predicted octanol–water partition coefficient (Wildman–Crippen LogP) is 4.88. The first-order chi connectivity index (χ1) is 18.5. The van der Waals surface area contributed by atoms with Crippen molar-refractivity contribution in [2.45, 2.75) is 39.3 Å². The monoisotopic (exact) mass is 550 g/mol. The third kappa shape index (κ3) is 5.32. The number of fused-ring (bicyclic) bond motifs is 1. The molecule has 0 N–H and O–H groups in total. The highest BCUT2D eigenvalue weighted by Gasteiger charge is 2.32. The van der Waals surface area contributed by atoms with Crippen LogP contribution in [0, 0.1) is 10.1 Å². The maximum atomic E-state index is 12.7. The van der Waals surface area contributed by atoms with E-state index >= 15 is 0 Å². The summed E-state index contributed by atoms with van der Waals surface area (Å²) in [7, 11) is 0. The van der Waals surface area contributed by atoms with E-state index in [4.69, 9.17) is 16.3 Å². The maximum Gasteiger partial charge on any atom is 0.410 e. The molecule has 13 heteroatoms. The molecular weight excluding hydrogens is 524 g/mol. The fraction of sp³-hybridized carbons (Fsp3) is 0.346. The average molecular weight is 551 g/mol. The summed E-state index contributed by atoms with van der Waals surface area (Å²) in [6, 6.07) is 6.32. The Labute approximate surface area is 229 Å². The molecule has 1 amide bonds. The molecule has 0 bridgehead atoms. The molecular formula is C26H27ClN8O4. The number of aromatic nitrogens is 5. The number of pyridine rings is 2. The Morgan fingerprint density at radius 3 is 2.59 bits per heavy atom. The Balaban J connectivity index is 1.60. The Kier molecular flexibility index (Phi) is 6.81. The van der Waals surface area contributed by atoms with Crippen LogP contribution in [-0.4, -0.2) is 71.7 Å². The highest BCUT2D eigenvalue weighted by atomic mass is 35.5. The lowest BCUT2D eigenvalue weighted by molar-refractivity contribution is -0.385. The van der Waals surface area contributed by atoms with Gasteiger partial charge in [-0.2, -0.15) is 0 Å². The lowest BCUT2D eigenvalue weighted by Crippen LogP contribution is -2.55. The number of carbonyl (C=O) groups is 1. The van der Waals surface area contributed by atoms with Crippen LogP contribution in [0.1, 0.15) is 27.7 Å². The summed E-state index contributed by atoms with van der Waals surface area (Å²) in [6.45, 7) is 8.94. The van der Waals surface area contributed by atoms with E-state index in [1.165, 1.54) is 18.6 Å². The first kappa shape index (κ1) is 26.3. The Morgan fingerprint density at radius 2 is 1.95 bits per heavy atom. The van der Waals surface area contributed by atoms with Crippen LogP contribution < -0.4 is 4.90 Å². The molecule has 0 radical (unpaired) electrons. The zero-order valence-corrected chi connectivity index (χ0v) is 22.7. The number of hydrogen-bond donors (Lipinski definition) is 0. The van der Waals surface area contributed by atoms with Gasteiger partial charge in [-0.1, -0.05) is 11.6 Å². The zero-order chi connectivity index (χ0) is 27.9. The molecule has 202 valence electrons. The molecule has 4 aromatic heterocycles. The molecule has 0 saturated carbocycles. The predicted molar refractivity (Wildman–Crippen MR) is 146 cm³/mol. The summed E-state index contributed by atoms with van der Waals surface area (Å²) in [5.41, 5.74) is 1.90. The molecule has 0 spiro atoms. The van der Waals surface area contributed by atoms with Gasteiger partial charge in [0.15, 0.2) is 5.82 Å². The lowest BCUT2D eigenvalue weighted by Gasteiger charge is -2.41. The topological polar surface area (TPSA) is 132 Å². The van der Waals surface area contributed by atoms with Crippen LogP contribution >= 0.6 is 11.6 Å². The smallest absolute Gasteiger partial charge is 0.410 e. The summed E-state index contributed by atoms with van der Waals surface area (Å²) in [4.78, 5) is 45.3. The number of anilines is 1. The van der Waals surface area contributed by atoms with Crippen molar-refractivity contribution >= 4 is 40.2 Å². The van der Waals surface area contributed by atoms with Crippen LogP contribution in [0.5, 0.6) is 0 Å². The Bertz CT molecular complexity index is 1550. The average Bonchev–Trinajstić information content (AvgIpc) is 3.28. The number of piperazine rings is 1. The van der Waals surface area contributed by atoms with Crippen LogP contribution in [0.3, 0.4) is 0 Å². The van der Waals surface area contributed by atoms with Gasteiger partial charge in [0.05, 0.1) is 10.6 Å². The largest absolute Gasteiger partial charge is 0.444 e. The van der Waals surface area contributed by atoms with Crippen LogP contribution in [0.2, 0.25) is 5.02 Å². The van der Waals surface area contributed by atoms with Crippen LogP contribution in [0.4, 0.5) is 16.3 Å². The van der Waals surface area contributed by atoms with Gasteiger partial charge in [0, 0.05) is 54.7 Å². The maximum absolute atomic E-state index is 12.7. The Morgan fingerprint density at radius 1 is 1.15 bits per heavy atom. The molecule has 1 fully saturated rings. The fourth-order valence-electron chi connectivity index (χ4n) is 4.57. The minimum atomic E-state index is -0.584. The van der Waals surface area contributed by atoms with Gasteiger partial charge in [0.1, 0.15) is 35.0 Å². The van der Waals surface area contributed by atoms with Crippen LogP contribution in [0.15, 0.2) is 49.2 Å². The minimum absolute atomic E-state index is 0.0923. The minimum Gasteiger partial charge on any atom is -0.444 e. The normalized spacial score (nSPS) is 16.0.